The number of imidazole rings is 1. The van der Waals surface area contributed by atoms with Crippen molar-refractivity contribution >= 4 is 23.3 Å². The van der Waals surface area contributed by atoms with Crippen LogP contribution in [0.25, 0.3) is 11.4 Å². The largest absolute Gasteiger partial charge is 0.491 e. The number of nitrogens with two attached hydrogens (primary N) is 1. The number of carbonyl (C=O) groups excluding carboxylic acids is 2. The van der Waals surface area contributed by atoms with Crippen LogP contribution < -0.4 is 20.7 Å². The van der Waals surface area contributed by atoms with E-state index in [2.05, 4.69) is 10.3 Å². The van der Waals surface area contributed by atoms with Gasteiger partial charge < -0.3 is 25.1 Å². The molecule has 2 aliphatic heterocycles. The molecule has 0 bridgehead atoms. The van der Waals surface area contributed by atoms with E-state index in [0.717, 1.165) is 4.90 Å². The molecule has 1 unspecified atom stereocenters. The highest BCUT2D eigenvalue weighted by Crippen LogP contribution is 2.37. The van der Waals surface area contributed by atoms with Crippen LogP contribution in [0.1, 0.15) is 6.92 Å². The van der Waals surface area contributed by atoms with E-state index in [1.165, 1.54) is 6.92 Å². The number of fused-ring (bicyclic) bond motifs is 3. The van der Waals surface area contributed by atoms with Crippen molar-refractivity contribution in [2.75, 3.05) is 36.6 Å². The van der Waals surface area contributed by atoms with E-state index in [4.69, 9.17) is 15.2 Å². The normalized spacial score (nSPS) is 16.4. The summed E-state index contributed by atoms with van der Waals surface area (Å²) in [6.07, 6.45) is -1.13. The summed E-state index contributed by atoms with van der Waals surface area (Å²) in [6, 6.07) is 3.92. The van der Waals surface area contributed by atoms with Crippen LogP contribution in [0.5, 0.6) is 5.75 Å². The third-order valence-electron chi connectivity index (χ3n) is 5.33. The Bertz CT molecular complexity index is 992. The molecule has 166 valence electrons. The number of hydrogen-bond donors (Lipinski definition) is 2. The average Bonchev–Trinajstić information content (AvgIpc) is 3.00. The number of carbonyl (C=O) groups is 2. The van der Waals surface area contributed by atoms with Crippen molar-refractivity contribution in [1.82, 2.24) is 9.55 Å². The molecular weight excluding hydrogens is 412 g/mol. The lowest BCUT2D eigenvalue weighted by Crippen LogP contribution is -2.54. The Balaban J connectivity index is 1.69. The summed E-state index contributed by atoms with van der Waals surface area (Å²) in [6.45, 7) is 2.36. The fourth-order valence-corrected chi connectivity index (χ4v) is 3.79. The summed E-state index contributed by atoms with van der Waals surface area (Å²) in [5.74, 6) is -0.243. The Hall–Kier alpha value is -3.21. The van der Waals surface area contributed by atoms with E-state index in [1.54, 1.807) is 29.0 Å². The van der Waals surface area contributed by atoms with Crippen molar-refractivity contribution in [2.24, 2.45) is 11.7 Å². The van der Waals surface area contributed by atoms with E-state index >= 15 is 0 Å². The van der Waals surface area contributed by atoms with Crippen LogP contribution in [0.3, 0.4) is 0 Å². The predicted molar refractivity (Wildman–Crippen MR) is 108 cm³/mol. The maximum absolute atomic E-state index is 13.9. The molecule has 2 amide bonds. The molecule has 0 saturated carbocycles. The molecule has 1 saturated heterocycles. The summed E-state index contributed by atoms with van der Waals surface area (Å²) < 4.78 is 40.4. The molecule has 1 aromatic carbocycles. The molecule has 1 atom stereocenters. The van der Waals surface area contributed by atoms with Gasteiger partial charge in [0.15, 0.2) is 5.82 Å². The number of ether oxygens (including phenoxy) is 2. The summed E-state index contributed by atoms with van der Waals surface area (Å²) >= 11 is 0. The van der Waals surface area contributed by atoms with Crippen LogP contribution in [0, 0.1) is 5.92 Å². The Kier molecular flexibility index (Phi) is 5.77. The number of hydrogen-bond acceptors (Lipinski definition) is 6. The highest BCUT2D eigenvalue weighted by Gasteiger charge is 2.42. The van der Waals surface area contributed by atoms with Crippen LogP contribution in [0.15, 0.2) is 24.4 Å². The van der Waals surface area contributed by atoms with Gasteiger partial charge in [-0.15, -0.1) is 0 Å². The number of alkyl halides is 2. The van der Waals surface area contributed by atoms with Crippen molar-refractivity contribution in [2.45, 2.75) is 25.9 Å². The van der Waals surface area contributed by atoms with Gasteiger partial charge in [0.1, 0.15) is 24.2 Å². The van der Waals surface area contributed by atoms with E-state index in [9.17, 15) is 18.4 Å². The Labute approximate surface area is 177 Å². The van der Waals surface area contributed by atoms with Gasteiger partial charge in [0.25, 0.3) is 6.43 Å². The highest BCUT2D eigenvalue weighted by molar-refractivity contribution is 5.91. The second-order valence-electron chi connectivity index (χ2n) is 7.51. The minimum absolute atomic E-state index is 0.0228. The number of rotatable bonds is 7. The number of halogens is 2. The third kappa shape index (κ3) is 4.18. The van der Waals surface area contributed by atoms with Gasteiger partial charge in [0, 0.05) is 30.8 Å². The molecular formula is C20H23F2N5O4. The Morgan fingerprint density at radius 2 is 2.16 bits per heavy atom. The van der Waals surface area contributed by atoms with E-state index in [0.29, 0.717) is 36.0 Å². The van der Waals surface area contributed by atoms with Gasteiger partial charge in [0.2, 0.25) is 11.8 Å². The fourth-order valence-electron chi connectivity index (χ4n) is 3.79. The Morgan fingerprint density at radius 3 is 2.77 bits per heavy atom. The molecule has 1 fully saturated rings. The first-order valence-corrected chi connectivity index (χ1v) is 9.87. The minimum Gasteiger partial charge on any atom is -0.491 e. The molecule has 1 aromatic heterocycles. The number of nitrogens with zero attached hydrogens (tertiary/aromatic N) is 3. The van der Waals surface area contributed by atoms with Gasteiger partial charge in [-0.25, -0.2) is 13.8 Å². The second kappa shape index (κ2) is 8.50. The van der Waals surface area contributed by atoms with Crippen molar-refractivity contribution in [3.63, 3.8) is 0 Å². The third-order valence-corrected chi connectivity index (χ3v) is 5.33. The number of aromatic nitrogens is 2. The molecule has 4 rings (SSSR count). The van der Waals surface area contributed by atoms with Crippen molar-refractivity contribution in [3.05, 3.63) is 24.4 Å². The summed E-state index contributed by atoms with van der Waals surface area (Å²) in [5.41, 5.74) is 6.46. The van der Waals surface area contributed by atoms with Crippen LogP contribution >= 0.6 is 0 Å². The maximum atomic E-state index is 13.9. The van der Waals surface area contributed by atoms with Gasteiger partial charge in [-0.05, 0) is 12.1 Å². The quantitative estimate of drug-likeness (QED) is 0.681. The summed E-state index contributed by atoms with van der Waals surface area (Å²) in [4.78, 5) is 29.0. The summed E-state index contributed by atoms with van der Waals surface area (Å²) in [5, 5.41) is 2.90. The smallest absolute Gasteiger partial charge is 0.259 e. The molecule has 0 radical (unpaired) electrons. The first-order chi connectivity index (χ1) is 14.8. The SMILES string of the molecule is CC(=O)N(c1cn2c(n1)-c1ccc(NCC(N)=O)cc1OCC2)C(C(F)F)C1COC1. The number of anilines is 2. The lowest BCUT2D eigenvalue weighted by Gasteiger charge is -2.38. The van der Waals surface area contributed by atoms with E-state index in [-0.39, 0.29) is 25.6 Å². The first kappa shape index (κ1) is 21.0. The number of nitrogens with one attached hydrogen (secondary N) is 1. The van der Waals surface area contributed by atoms with Crippen molar-refractivity contribution in [1.29, 1.82) is 0 Å². The van der Waals surface area contributed by atoms with Crippen molar-refractivity contribution in [3.8, 4) is 17.1 Å². The van der Waals surface area contributed by atoms with Crippen LogP contribution in [0.2, 0.25) is 0 Å². The lowest BCUT2D eigenvalue weighted by atomic mass is 9.96. The van der Waals surface area contributed by atoms with Crippen LogP contribution in [-0.2, 0) is 20.9 Å². The van der Waals surface area contributed by atoms with Gasteiger partial charge in [-0.1, -0.05) is 0 Å². The minimum atomic E-state index is -2.73. The lowest BCUT2D eigenvalue weighted by molar-refractivity contribution is -0.121. The molecule has 9 nitrogen and oxygen atoms in total. The zero-order valence-corrected chi connectivity index (χ0v) is 16.9. The molecule has 11 heteroatoms. The monoisotopic (exact) mass is 435 g/mol. The molecule has 3 heterocycles. The van der Waals surface area contributed by atoms with Gasteiger partial charge >= 0.3 is 0 Å². The Morgan fingerprint density at radius 1 is 1.39 bits per heavy atom. The fraction of sp³-hybridized carbons (Fsp3) is 0.450. The highest BCUT2D eigenvalue weighted by atomic mass is 19.3. The molecule has 0 aliphatic carbocycles. The predicted octanol–water partition coefficient (Wildman–Crippen LogP) is 1.47. The topological polar surface area (TPSA) is 112 Å². The summed E-state index contributed by atoms with van der Waals surface area (Å²) in [7, 11) is 0. The average molecular weight is 435 g/mol. The number of benzene rings is 1. The van der Waals surface area contributed by atoms with Crippen molar-refractivity contribution < 1.29 is 27.8 Å². The van der Waals surface area contributed by atoms with Gasteiger partial charge in [0.05, 0.1) is 31.9 Å². The van der Waals surface area contributed by atoms with Gasteiger partial charge in [-0.2, -0.15) is 0 Å². The molecule has 2 aromatic rings. The van der Waals surface area contributed by atoms with Crippen LogP contribution in [-0.4, -0.2) is 60.2 Å². The van der Waals surface area contributed by atoms with E-state index in [1.807, 2.05) is 0 Å². The zero-order valence-electron chi connectivity index (χ0n) is 16.9. The zero-order chi connectivity index (χ0) is 22.1. The van der Waals surface area contributed by atoms with Crippen LogP contribution in [0.4, 0.5) is 20.3 Å². The standard InChI is InChI=1S/C20H23F2N5O4/c1-11(28)27(18(19(21)22)12-9-30-10-12)17-8-26-4-5-31-15-6-13(24-7-16(23)29)2-3-14(15)20(26)25-17/h2-3,6,8,12,18-19,24H,4-5,7,9-10H2,1H3,(H2,23,29). The van der Waals surface area contributed by atoms with E-state index < -0.39 is 30.2 Å². The number of primary amides is 1. The molecule has 0 spiro atoms. The first-order valence-electron chi connectivity index (χ1n) is 9.87. The second-order valence-corrected chi connectivity index (χ2v) is 7.51. The molecule has 2 aliphatic rings. The molecule has 31 heavy (non-hydrogen) atoms. The maximum Gasteiger partial charge on any atom is 0.259 e. The number of amides is 2. The van der Waals surface area contributed by atoms with Gasteiger partial charge in [-0.3, -0.25) is 14.5 Å². The molecule has 3 N–H and O–H groups in total.